The molecular formula is C39H44N4S3. The van der Waals surface area contributed by atoms with Crippen LogP contribution < -0.4 is 10.6 Å². The molecule has 3 heterocycles. The Labute approximate surface area is 286 Å². The molecule has 2 N–H and O–H groups in total. The Kier molecular flexibility index (Phi) is 10.8. The maximum Gasteiger partial charge on any atom is 0.114 e. The first-order valence-electron chi connectivity index (χ1n) is 16.8. The highest BCUT2D eigenvalue weighted by Crippen LogP contribution is 2.42. The second-order valence-electron chi connectivity index (χ2n) is 12.2. The van der Waals surface area contributed by atoms with Gasteiger partial charge in [0, 0.05) is 54.1 Å². The van der Waals surface area contributed by atoms with E-state index < -0.39 is 0 Å². The lowest BCUT2D eigenvalue weighted by Crippen LogP contribution is -2.18. The van der Waals surface area contributed by atoms with Crippen molar-refractivity contribution in [3.05, 3.63) is 84.9 Å². The fourth-order valence-electron chi connectivity index (χ4n) is 5.93. The summed E-state index contributed by atoms with van der Waals surface area (Å²) in [6.45, 7) is 9.03. The fraction of sp³-hybridized carbons (Fsp3) is 0.333. The summed E-state index contributed by atoms with van der Waals surface area (Å²) in [6.07, 6.45) is 8.57. The van der Waals surface area contributed by atoms with E-state index in [0.717, 1.165) is 28.6 Å². The van der Waals surface area contributed by atoms with Gasteiger partial charge in [-0.25, -0.2) is 0 Å². The second kappa shape index (κ2) is 15.4. The minimum absolute atomic E-state index is 0.486. The van der Waals surface area contributed by atoms with Crippen molar-refractivity contribution in [2.24, 2.45) is 0 Å². The van der Waals surface area contributed by atoms with Crippen LogP contribution in [0.5, 0.6) is 0 Å². The van der Waals surface area contributed by atoms with E-state index in [2.05, 4.69) is 123 Å². The topological polar surface area (TPSA) is 49.8 Å². The quantitative estimate of drug-likeness (QED) is 0.115. The van der Waals surface area contributed by atoms with Crippen LogP contribution in [0.25, 0.3) is 52.8 Å². The number of anilines is 2. The molecule has 0 saturated heterocycles. The van der Waals surface area contributed by atoms with Gasteiger partial charge in [-0.1, -0.05) is 82.9 Å². The standard InChI is InChI=1S/C39H44N4S3/c1-5-8-10-26(4)40-30-16-12-27(13-17-30)34-22-24-36(44-34)32-20-21-33(39-38(32)42-46-43-39)37-25-23-35(45-37)28-14-18-31(19-15-28)41-29(7-3)11-9-6-2/h12-26,29,40-41H,5-11H2,1-4H3. The summed E-state index contributed by atoms with van der Waals surface area (Å²) in [5.74, 6) is 0. The van der Waals surface area contributed by atoms with E-state index in [-0.39, 0.29) is 0 Å². The van der Waals surface area contributed by atoms with Gasteiger partial charge in [-0.15, -0.1) is 22.7 Å². The SMILES string of the molecule is CCCCC(C)Nc1ccc(-c2ccc(-c3ccc(-c4ccc(-c5ccc(NC(CC)CCCC)cc5)s4)c4nsnc34)s2)cc1. The third-order valence-corrected chi connectivity index (χ3v) is 11.5. The van der Waals surface area contributed by atoms with Crippen LogP contribution in [0.15, 0.2) is 84.9 Å². The molecule has 4 nitrogen and oxygen atoms in total. The lowest BCUT2D eigenvalue weighted by molar-refractivity contribution is 0.593. The van der Waals surface area contributed by atoms with Crippen LogP contribution in [-0.2, 0) is 0 Å². The van der Waals surface area contributed by atoms with Crippen LogP contribution in [0.2, 0.25) is 0 Å². The zero-order chi connectivity index (χ0) is 31.9. The van der Waals surface area contributed by atoms with E-state index in [9.17, 15) is 0 Å². The zero-order valence-electron chi connectivity index (χ0n) is 27.3. The molecule has 7 heteroatoms. The molecule has 0 spiro atoms. The number of unbranched alkanes of at least 4 members (excludes halogenated alkanes) is 2. The van der Waals surface area contributed by atoms with Crippen LogP contribution in [0.1, 0.15) is 72.6 Å². The number of nitrogens with one attached hydrogen (secondary N) is 2. The molecule has 0 fully saturated rings. The van der Waals surface area contributed by atoms with E-state index in [1.165, 1.54) is 92.3 Å². The molecule has 0 aliphatic heterocycles. The van der Waals surface area contributed by atoms with Crippen molar-refractivity contribution < 1.29 is 0 Å². The van der Waals surface area contributed by atoms with Gasteiger partial charge in [-0.05, 0) is 85.8 Å². The lowest BCUT2D eigenvalue weighted by atomic mass is 10.1. The van der Waals surface area contributed by atoms with Gasteiger partial charge in [0.05, 0.1) is 11.7 Å². The molecule has 3 aromatic carbocycles. The molecule has 0 saturated carbocycles. The Bertz CT molecular complexity index is 1830. The number of hydrogen-bond acceptors (Lipinski definition) is 7. The van der Waals surface area contributed by atoms with Crippen LogP contribution in [-0.4, -0.2) is 20.8 Å². The fourth-order valence-corrected chi connectivity index (χ4v) is 8.58. The average Bonchev–Trinajstić information content (AvgIpc) is 3.88. The maximum atomic E-state index is 4.77. The molecule has 6 aromatic rings. The lowest BCUT2D eigenvalue weighted by Gasteiger charge is -2.18. The highest BCUT2D eigenvalue weighted by molar-refractivity contribution is 7.19. The molecular weight excluding hydrogens is 621 g/mol. The second-order valence-corrected chi connectivity index (χ2v) is 14.9. The number of hydrogen-bond donors (Lipinski definition) is 2. The highest BCUT2D eigenvalue weighted by atomic mass is 32.1. The predicted molar refractivity (Wildman–Crippen MR) is 205 cm³/mol. The van der Waals surface area contributed by atoms with Crippen LogP contribution >= 0.6 is 34.4 Å². The molecule has 0 amide bonds. The molecule has 46 heavy (non-hydrogen) atoms. The summed E-state index contributed by atoms with van der Waals surface area (Å²) in [5, 5.41) is 7.36. The Balaban J connectivity index is 1.17. The van der Waals surface area contributed by atoms with Gasteiger partial charge < -0.3 is 10.6 Å². The normalized spacial score (nSPS) is 12.8. The molecule has 6 rings (SSSR count). The number of rotatable bonds is 15. The van der Waals surface area contributed by atoms with Crippen molar-refractivity contribution in [2.75, 3.05) is 10.6 Å². The van der Waals surface area contributed by atoms with Gasteiger partial charge in [-0.3, -0.25) is 0 Å². The number of nitrogens with zero attached hydrogens (tertiary/aromatic N) is 2. The van der Waals surface area contributed by atoms with Crippen molar-refractivity contribution in [1.29, 1.82) is 0 Å². The number of fused-ring (bicyclic) bond motifs is 1. The van der Waals surface area contributed by atoms with Gasteiger partial charge >= 0.3 is 0 Å². The smallest absolute Gasteiger partial charge is 0.114 e. The molecule has 0 aliphatic rings. The van der Waals surface area contributed by atoms with Crippen molar-refractivity contribution >= 4 is 56.8 Å². The van der Waals surface area contributed by atoms with E-state index in [1.54, 1.807) is 0 Å². The number of benzene rings is 3. The summed E-state index contributed by atoms with van der Waals surface area (Å²) in [7, 11) is 0. The first kappa shape index (κ1) is 32.4. The first-order chi connectivity index (χ1) is 22.6. The maximum absolute atomic E-state index is 4.77. The highest BCUT2D eigenvalue weighted by Gasteiger charge is 2.17. The minimum atomic E-state index is 0.486. The van der Waals surface area contributed by atoms with Crippen LogP contribution in [0.4, 0.5) is 11.4 Å². The van der Waals surface area contributed by atoms with Crippen molar-refractivity contribution in [3.63, 3.8) is 0 Å². The third-order valence-electron chi connectivity index (χ3n) is 8.67. The summed E-state index contributed by atoms with van der Waals surface area (Å²) in [5.41, 5.74) is 9.13. The number of aromatic nitrogens is 2. The van der Waals surface area contributed by atoms with Crippen molar-refractivity contribution in [3.8, 4) is 41.8 Å². The van der Waals surface area contributed by atoms with E-state index >= 15 is 0 Å². The zero-order valence-corrected chi connectivity index (χ0v) is 29.8. The van der Waals surface area contributed by atoms with E-state index in [4.69, 9.17) is 8.75 Å². The van der Waals surface area contributed by atoms with Crippen LogP contribution in [0, 0.1) is 0 Å². The monoisotopic (exact) mass is 664 g/mol. The van der Waals surface area contributed by atoms with Gasteiger partial charge in [0.15, 0.2) is 0 Å². The van der Waals surface area contributed by atoms with Crippen molar-refractivity contribution in [2.45, 2.75) is 84.7 Å². The number of thiophene rings is 2. The first-order valence-corrected chi connectivity index (χ1v) is 19.1. The van der Waals surface area contributed by atoms with Crippen LogP contribution in [0.3, 0.4) is 0 Å². The van der Waals surface area contributed by atoms with E-state index in [0.29, 0.717) is 12.1 Å². The van der Waals surface area contributed by atoms with E-state index in [1.807, 2.05) is 22.7 Å². The van der Waals surface area contributed by atoms with Gasteiger partial charge in [0.2, 0.25) is 0 Å². The molecule has 0 radical (unpaired) electrons. The molecule has 3 aromatic heterocycles. The minimum Gasteiger partial charge on any atom is -0.383 e. The Morgan fingerprint density at radius 2 is 1.04 bits per heavy atom. The summed E-state index contributed by atoms with van der Waals surface area (Å²) < 4.78 is 9.55. The molecule has 238 valence electrons. The Morgan fingerprint density at radius 3 is 1.54 bits per heavy atom. The molecule has 0 bridgehead atoms. The van der Waals surface area contributed by atoms with Crippen molar-refractivity contribution in [1.82, 2.24) is 8.75 Å². The largest absolute Gasteiger partial charge is 0.383 e. The molecule has 2 unspecified atom stereocenters. The predicted octanol–water partition coefficient (Wildman–Crippen LogP) is 12.9. The van der Waals surface area contributed by atoms with Gasteiger partial charge in [-0.2, -0.15) is 8.75 Å². The Hall–Kier alpha value is -3.52. The average molecular weight is 665 g/mol. The Morgan fingerprint density at radius 1 is 0.565 bits per heavy atom. The van der Waals surface area contributed by atoms with Gasteiger partial charge in [0.1, 0.15) is 11.0 Å². The van der Waals surface area contributed by atoms with Gasteiger partial charge in [0.25, 0.3) is 0 Å². The third kappa shape index (κ3) is 7.54. The summed E-state index contributed by atoms with van der Waals surface area (Å²) in [4.78, 5) is 4.96. The summed E-state index contributed by atoms with van der Waals surface area (Å²) >= 11 is 4.93. The molecule has 2 atom stereocenters. The summed E-state index contributed by atoms with van der Waals surface area (Å²) in [6, 6.07) is 32.1. The molecule has 0 aliphatic carbocycles.